The fourth-order valence-electron chi connectivity index (χ4n) is 22.7. The van der Waals surface area contributed by atoms with Crippen LogP contribution < -0.4 is 0 Å². The van der Waals surface area contributed by atoms with Crippen molar-refractivity contribution >= 4 is 79.0 Å². The number of likely N-dealkylation sites (tertiary alicyclic amines) is 4. The second kappa shape index (κ2) is 45.0. The van der Waals surface area contributed by atoms with Crippen LogP contribution in [-0.2, 0) is 51.8 Å². The van der Waals surface area contributed by atoms with E-state index in [0.717, 1.165) is 235 Å². The summed E-state index contributed by atoms with van der Waals surface area (Å²) in [6.45, 7) is 14.9. The van der Waals surface area contributed by atoms with Gasteiger partial charge in [-0.05, 0) is 273 Å². The lowest BCUT2D eigenvalue weighted by molar-refractivity contribution is -0.138. The molecule has 8 aliphatic rings. The monoisotopic (exact) mass is 1920 g/mol. The van der Waals surface area contributed by atoms with Crippen LogP contribution in [0.15, 0.2) is 243 Å². The Morgan fingerprint density at radius 2 is 0.472 bits per heavy atom. The van der Waals surface area contributed by atoms with E-state index in [1.54, 1.807) is 65.6 Å². The van der Waals surface area contributed by atoms with E-state index in [-0.39, 0.29) is 58.9 Å². The van der Waals surface area contributed by atoms with Gasteiger partial charge >= 0.3 is 6.09 Å². The highest BCUT2D eigenvalue weighted by atomic mass is 19.1. The predicted molar refractivity (Wildman–Crippen MR) is 549 cm³/mol. The molecule has 0 spiro atoms. The molecule has 10 aromatic carbocycles. The Bertz CT molecular complexity index is 6880. The minimum absolute atomic E-state index is 0.175. The van der Waals surface area contributed by atoms with Crippen molar-refractivity contribution in [2.24, 2.45) is 17.8 Å². The maximum Gasteiger partial charge on any atom is 0.410 e. The molecule has 4 saturated carbocycles. The van der Waals surface area contributed by atoms with Crippen LogP contribution in [-0.4, -0.2) is 149 Å². The lowest BCUT2D eigenvalue weighted by Gasteiger charge is -2.35. The van der Waals surface area contributed by atoms with Crippen LogP contribution in [0.1, 0.15) is 261 Å². The maximum atomic E-state index is 13.8. The average molecular weight is 1920 g/mol. The number of rotatable bonds is 18. The van der Waals surface area contributed by atoms with Crippen LogP contribution in [0, 0.1) is 46.8 Å². The second-order valence-electron chi connectivity index (χ2n) is 41.3. The van der Waals surface area contributed by atoms with E-state index in [1.807, 2.05) is 135 Å². The summed E-state index contributed by atoms with van der Waals surface area (Å²) in [5.74, 6) is 7.90. The number of piperidine rings is 4. The van der Waals surface area contributed by atoms with E-state index in [0.29, 0.717) is 87.2 Å². The van der Waals surface area contributed by atoms with Crippen molar-refractivity contribution < 1.29 is 45.9 Å². The molecule has 0 N–H and O–H groups in total. The molecule has 0 unspecified atom stereocenters. The molecule has 8 fully saturated rings. The average Bonchev–Trinajstić information content (AvgIpc) is 1.64. The van der Waals surface area contributed by atoms with E-state index in [9.17, 15) is 41.1 Å². The summed E-state index contributed by atoms with van der Waals surface area (Å²) < 4.78 is 85.2. The molecule has 15 aromatic rings. The van der Waals surface area contributed by atoms with Gasteiger partial charge in [0, 0.05) is 132 Å². The highest BCUT2D eigenvalue weighted by molar-refractivity contribution is 5.83. The first-order valence-corrected chi connectivity index (χ1v) is 52.0. The number of imidazole rings is 5. The molecule has 5 aromatic heterocycles. The molecule has 4 aliphatic heterocycles. The molecule has 0 radical (unpaired) electrons. The number of carbonyl (C=O) groups is 4. The van der Waals surface area contributed by atoms with E-state index in [2.05, 4.69) is 75.1 Å². The van der Waals surface area contributed by atoms with Crippen LogP contribution in [0.2, 0.25) is 0 Å². The lowest BCUT2D eigenvalue weighted by atomic mass is 9.87. The first-order valence-electron chi connectivity index (χ1n) is 52.0. The first-order chi connectivity index (χ1) is 69.2. The zero-order valence-electron chi connectivity index (χ0n) is 82.1. The first kappa shape index (κ1) is 97.7. The van der Waals surface area contributed by atoms with Gasteiger partial charge in [0.05, 0.1) is 55.2 Å². The molecule has 24 heteroatoms. The number of hydrogen-bond acceptors (Lipinski definition) is 10. The van der Waals surface area contributed by atoms with Gasteiger partial charge in [0.15, 0.2) is 0 Å². The van der Waals surface area contributed by atoms with Crippen molar-refractivity contribution in [1.29, 1.82) is 0 Å². The van der Waals surface area contributed by atoms with Crippen molar-refractivity contribution in [2.45, 2.75) is 243 Å². The maximum absolute atomic E-state index is 13.8. The lowest BCUT2D eigenvalue weighted by Crippen LogP contribution is -2.42. The standard InChI is InChI=1S/C26H30FN3O.C25H28FN3O.C24H28FN3O2.C23H24FN3O.C20H21FN2/c27-22-10-6-7-19(17-22)18-30-24-12-5-4-11-23(24)28-25(30)20-13-15-29(16-14-20)26(31)21-8-2-1-3-9-21;26-21-9-5-6-18(16-21)17-29-23-11-4-3-10-22(23)27-24(29)19-12-14-28(15-13-19)25(30)20-7-1-2-8-20;1-24(2,3)30-23(29)27-13-11-18(12-14-27)22-26-20-9-4-5-10-21(20)28(22)16-17-7-6-8-19(25)15-17;24-19-5-3-4-16(14-19)15-27-21-7-2-1-6-20(21)25-22(27)17-10-12-26(13-11-17)23(28)18-8-9-18;21-17-10-6-7-15(13-17)14-23-19-12-5-4-11-18(19)22-20(23)16-8-2-1-3-9-16/h4-7,10-12,17,20-21H,1-3,8-9,13-16,18H2;3-6,9-11,16,19-20H,1-2,7-8,12-15,17H2;4-10,15,18H,11-14,16H2,1-3H3;1-7,14,17-18H,8-13,15H2;4-7,10-13,16H,1-3,8-9,14H2. The highest BCUT2D eigenvalue weighted by Crippen LogP contribution is 2.42. The Labute approximate surface area is 828 Å². The summed E-state index contributed by atoms with van der Waals surface area (Å²) in [5, 5.41) is 0. The number of benzene rings is 10. The summed E-state index contributed by atoms with van der Waals surface area (Å²) in [4.78, 5) is 83.2. The topological polar surface area (TPSA) is 180 Å². The molecule has 0 atom stereocenters. The summed E-state index contributed by atoms with van der Waals surface area (Å²) in [6, 6.07) is 74.8. The van der Waals surface area contributed by atoms with Crippen LogP contribution in [0.4, 0.5) is 26.7 Å². The van der Waals surface area contributed by atoms with Crippen molar-refractivity contribution in [3.8, 4) is 0 Å². The van der Waals surface area contributed by atoms with Crippen molar-refractivity contribution in [1.82, 2.24) is 67.4 Å². The molecular formula is C118H131F5N14O5. The van der Waals surface area contributed by atoms with Crippen LogP contribution in [0.3, 0.4) is 0 Å². The quantitative estimate of drug-likeness (QED) is 0.0750. The number of hydrogen-bond donors (Lipinski definition) is 0. The SMILES string of the molecule is CC(C)(C)OC(=O)N1CCC(c2nc3ccccc3n2Cc2cccc(F)c2)CC1.Fc1cccc(Cn2c(C3CCCCC3)nc3ccccc32)c1.O=C(C1CC1)N1CCC(c2nc3ccccc3n2Cc2cccc(F)c2)CC1.O=C(C1CCCC1)N1CCC(c2nc3ccccc3n2Cc2cccc(F)c2)CC1.O=C(C1CCCCC1)N1CCC(c2nc3ccccc3n2Cc2cccc(F)c2)CC1. The molecule has 9 heterocycles. The van der Waals surface area contributed by atoms with Gasteiger partial charge in [-0.2, -0.15) is 0 Å². The van der Waals surface area contributed by atoms with Crippen LogP contribution in [0.5, 0.6) is 0 Å². The summed E-state index contributed by atoms with van der Waals surface area (Å²) in [6.07, 6.45) is 25.7. The zero-order valence-corrected chi connectivity index (χ0v) is 82.1. The van der Waals surface area contributed by atoms with Gasteiger partial charge in [0.25, 0.3) is 0 Å². The Hall–Kier alpha value is -13.1. The van der Waals surface area contributed by atoms with Gasteiger partial charge in [-0.25, -0.2) is 51.7 Å². The highest BCUT2D eigenvalue weighted by Gasteiger charge is 2.39. The summed E-state index contributed by atoms with van der Waals surface area (Å²) >= 11 is 0. The molecule has 738 valence electrons. The smallest absolute Gasteiger partial charge is 0.410 e. The number of nitrogens with zero attached hydrogens (tertiary/aromatic N) is 14. The van der Waals surface area contributed by atoms with Crippen LogP contribution >= 0.6 is 0 Å². The molecule has 4 amide bonds. The molecule has 23 rings (SSSR count). The van der Waals surface area contributed by atoms with Gasteiger partial charge in [-0.1, -0.05) is 173 Å². The van der Waals surface area contributed by atoms with E-state index in [4.69, 9.17) is 29.7 Å². The Morgan fingerprint density at radius 3 is 0.704 bits per heavy atom. The number of carbonyl (C=O) groups excluding carboxylic acids is 4. The summed E-state index contributed by atoms with van der Waals surface area (Å²) in [7, 11) is 0. The normalized spacial score (nSPS) is 17.4. The minimum Gasteiger partial charge on any atom is -0.444 e. The molecule has 142 heavy (non-hydrogen) atoms. The largest absolute Gasteiger partial charge is 0.444 e. The van der Waals surface area contributed by atoms with E-state index < -0.39 is 5.60 Å². The Kier molecular flexibility index (Phi) is 31.0. The summed E-state index contributed by atoms with van der Waals surface area (Å²) in [5.41, 5.74) is 14.6. The van der Waals surface area contributed by atoms with Gasteiger partial charge in [0.2, 0.25) is 17.7 Å². The van der Waals surface area contributed by atoms with Gasteiger partial charge in [-0.3, -0.25) is 14.4 Å². The van der Waals surface area contributed by atoms with Crippen molar-refractivity contribution in [2.75, 3.05) is 52.4 Å². The van der Waals surface area contributed by atoms with E-state index >= 15 is 0 Å². The Balaban J connectivity index is 0.000000113. The number of para-hydroxylation sites is 10. The van der Waals surface area contributed by atoms with Crippen molar-refractivity contribution in [3.05, 3.63) is 329 Å². The third-order valence-electron chi connectivity index (χ3n) is 30.2. The van der Waals surface area contributed by atoms with Gasteiger partial charge in [0.1, 0.15) is 63.8 Å². The minimum atomic E-state index is -0.493. The Morgan fingerprint density at radius 1 is 0.261 bits per heavy atom. The fraction of sp³-hybridized carbons (Fsp3) is 0.415. The van der Waals surface area contributed by atoms with Gasteiger partial charge in [-0.15, -0.1) is 0 Å². The molecule has 4 saturated heterocycles. The number of amides is 4. The molecular weight excluding hydrogens is 1790 g/mol. The molecule has 0 bridgehead atoms. The number of aromatic nitrogens is 10. The van der Waals surface area contributed by atoms with E-state index in [1.165, 1.54) is 100 Å². The van der Waals surface area contributed by atoms with Gasteiger partial charge < -0.3 is 47.2 Å². The fourth-order valence-corrected chi connectivity index (χ4v) is 22.7. The molecule has 4 aliphatic carbocycles. The second-order valence-corrected chi connectivity index (χ2v) is 41.3. The van der Waals surface area contributed by atoms with Crippen molar-refractivity contribution in [3.63, 3.8) is 0 Å². The third kappa shape index (κ3) is 23.8. The predicted octanol–water partition coefficient (Wildman–Crippen LogP) is 25.6. The third-order valence-corrected chi connectivity index (χ3v) is 30.2. The molecule has 19 nitrogen and oxygen atoms in total. The number of halogens is 5. The number of ether oxygens (including phenoxy) is 1. The number of fused-ring (bicyclic) bond motifs is 5. The van der Waals surface area contributed by atoms with Crippen LogP contribution in [0.25, 0.3) is 55.2 Å². The zero-order chi connectivity index (χ0) is 97.7.